The molecule has 3 heteroatoms. The van der Waals surface area contributed by atoms with Gasteiger partial charge in [-0.1, -0.05) is 48.0 Å². The maximum absolute atomic E-state index is 12.3. The molecule has 0 N–H and O–H groups in total. The van der Waals surface area contributed by atoms with Crippen LogP contribution in [-0.4, -0.2) is 5.78 Å². The fraction of sp³-hybridized carbons (Fsp3) is 0. The molecule has 1 aromatic heterocycles. The number of carbonyl (C=O) groups excluding carboxylic acids is 1. The van der Waals surface area contributed by atoms with Crippen LogP contribution in [0.4, 0.5) is 0 Å². The summed E-state index contributed by atoms with van der Waals surface area (Å²) in [7, 11) is 0. The number of hydrogen-bond acceptors (Lipinski definition) is 2. The van der Waals surface area contributed by atoms with E-state index in [0.29, 0.717) is 10.6 Å². The van der Waals surface area contributed by atoms with Gasteiger partial charge in [-0.05, 0) is 40.8 Å². The normalized spacial score (nSPS) is 10.4. The molecule has 0 spiro atoms. The van der Waals surface area contributed by atoms with Crippen molar-refractivity contribution in [2.45, 2.75) is 0 Å². The highest BCUT2D eigenvalue weighted by Gasteiger charge is 2.10. The summed E-state index contributed by atoms with van der Waals surface area (Å²) in [6.45, 7) is 0. The molecule has 0 aliphatic carbocycles. The Balaban J connectivity index is 1.97. The minimum absolute atomic E-state index is 0.0656. The highest BCUT2D eigenvalue weighted by Crippen LogP contribution is 2.24. The van der Waals surface area contributed by atoms with E-state index in [0.717, 1.165) is 16.0 Å². The van der Waals surface area contributed by atoms with Gasteiger partial charge in [0.15, 0.2) is 0 Å². The average Bonchev–Trinajstić information content (AvgIpc) is 3.01. The summed E-state index contributed by atoms with van der Waals surface area (Å²) in [5, 5.41) is 2.62. The van der Waals surface area contributed by atoms with Gasteiger partial charge in [0.05, 0.1) is 4.88 Å². The number of hydrogen-bond donors (Lipinski definition) is 0. The summed E-state index contributed by atoms with van der Waals surface area (Å²) in [6.07, 6.45) is 0. The second-order valence-corrected chi connectivity index (χ2v) is 5.78. The molecule has 0 radical (unpaired) electrons. The Hall–Kier alpha value is -1.90. The zero-order chi connectivity index (χ0) is 13.9. The minimum Gasteiger partial charge on any atom is -0.288 e. The van der Waals surface area contributed by atoms with Crippen molar-refractivity contribution in [2.75, 3.05) is 0 Å². The summed E-state index contributed by atoms with van der Waals surface area (Å²) < 4.78 is 0. The third-order valence-corrected chi connectivity index (χ3v) is 4.17. The standard InChI is InChI=1S/C17H11ClOS/c18-15-8-6-12(7-9-15)13-3-1-4-14(11-13)17(19)16-5-2-10-20-16/h1-11H. The van der Waals surface area contributed by atoms with Crippen LogP contribution in [0.3, 0.4) is 0 Å². The highest BCUT2D eigenvalue weighted by atomic mass is 35.5. The lowest BCUT2D eigenvalue weighted by molar-refractivity contribution is 0.104. The quantitative estimate of drug-likeness (QED) is 0.600. The van der Waals surface area contributed by atoms with Crippen LogP contribution < -0.4 is 0 Å². The molecule has 20 heavy (non-hydrogen) atoms. The topological polar surface area (TPSA) is 17.1 Å². The number of rotatable bonds is 3. The van der Waals surface area contributed by atoms with Crippen molar-refractivity contribution in [3.63, 3.8) is 0 Å². The van der Waals surface area contributed by atoms with Crippen LogP contribution >= 0.6 is 22.9 Å². The molecule has 0 bridgehead atoms. The molecule has 0 aliphatic heterocycles. The van der Waals surface area contributed by atoms with Crippen LogP contribution in [0.5, 0.6) is 0 Å². The molecule has 1 nitrogen and oxygen atoms in total. The fourth-order valence-corrected chi connectivity index (χ4v) is 2.84. The van der Waals surface area contributed by atoms with Crippen LogP contribution in [-0.2, 0) is 0 Å². The Morgan fingerprint density at radius 1 is 0.900 bits per heavy atom. The van der Waals surface area contributed by atoms with Crippen LogP contribution in [0.15, 0.2) is 66.0 Å². The second-order valence-electron chi connectivity index (χ2n) is 4.39. The van der Waals surface area contributed by atoms with Crippen molar-refractivity contribution < 1.29 is 4.79 Å². The smallest absolute Gasteiger partial charge is 0.202 e. The van der Waals surface area contributed by atoms with Crippen molar-refractivity contribution in [3.8, 4) is 11.1 Å². The van der Waals surface area contributed by atoms with Crippen LogP contribution in [0.25, 0.3) is 11.1 Å². The van der Waals surface area contributed by atoms with E-state index in [9.17, 15) is 4.79 Å². The number of benzene rings is 2. The first-order chi connectivity index (χ1) is 9.74. The molecular weight excluding hydrogens is 288 g/mol. The van der Waals surface area contributed by atoms with Crippen molar-refractivity contribution in [2.24, 2.45) is 0 Å². The highest BCUT2D eigenvalue weighted by molar-refractivity contribution is 7.12. The first kappa shape index (κ1) is 13.1. The second kappa shape index (κ2) is 5.61. The average molecular weight is 299 g/mol. The number of ketones is 1. The van der Waals surface area contributed by atoms with Crippen LogP contribution in [0, 0.1) is 0 Å². The number of halogens is 1. The van der Waals surface area contributed by atoms with Crippen molar-refractivity contribution in [1.82, 2.24) is 0 Å². The predicted octanol–water partition coefficient (Wildman–Crippen LogP) is 5.30. The molecule has 0 aliphatic rings. The van der Waals surface area contributed by atoms with Crippen molar-refractivity contribution in [3.05, 3.63) is 81.5 Å². The summed E-state index contributed by atoms with van der Waals surface area (Å²) in [5.41, 5.74) is 2.78. The van der Waals surface area contributed by atoms with E-state index in [4.69, 9.17) is 11.6 Å². The Kier molecular flexibility index (Phi) is 3.68. The van der Waals surface area contributed by atoms with Gasteiger partial charge in [-0.15, -0.1) is 11.3 Å². The van der Waals surface area contributed by atoms with Gasteiger partial charge in [0.1, 0.15) is 0 Å². The summed E-state index contributed by atoms with van der Waals surface area (Å²) in [6, 6.07) is 19.0. The lowest BCUT2D eigenvalue weighted by Gasteiger charge is -2.04. The van der Waals surface area contributed by atoms with Gasteiger partial charge in [-0.2, -0.15) is 0 Å². The Morgan fingerprint density at radius 3 is 2.40 bits per heavy atom. The summed E-state index contributed by atoms with van der Waals surface area (Å²) in [4.78, 5) is 13.1. The molecule has 2 aromatic carbocycles. The van der Waals surface area contributed by atoms with Gasteiger partial charge in [0.25, 0.3) is 0 Å². The van der Waals surface area contributed by atoms with Crippen molar-refractivity contribution >= 4 is 28.7 Å². The van der Waals surface area contributed by atoms with Gasteiger partial charge >= 0.3 is 0 Å². The summed E-state index contributed by atoms with van der Waals surface area (Å²) in [5.74, 6) is 0.0656. The third kappa shape index (κ3) is 2.67. The first-order valence-electron chi connectivity index (χ1n) is 6.18. The van der Waals surface area contributed by atoms with Crippen LogP contribution in [0.2, 0.25) is 5.02 Å². The molecule has 0 unspecified atom stereocenters. The van der Waals surface area contributed by atoms with Crippen LogP contribution in [0.1, 0.15) is 15.2 Å². The fourth-order valence-electron chi connectivity index (χ4n) is 2.03. The zero-order valence-corrected chi connectivity index (χ0v) is 12.1. The van der Waals surface area contributed by atoms with Gasteiger partial charge in [-0.3, -0.25) is 4.79 Å². The van der Waals surface area contributed by atoms with E-state index >= 15 is 0 Å². The molecule has 3 aromatic rings. The molecular formula is C17H11ClOS. The molecule has 1 heterocycles. The van der Waals surface area contributed by atoms with E-state index in [1.165, 1.54) is 11.3 Å². The van der Waals surface area contributed by atoms with E-state index in [-0.39, 0.29) is 5.78 Å². The molecule has 0 fully saturated rings. The molecule has 0 saturated carbocycles. The van der Waals surface area contributed by atoms with E-state index in [1.807, 2.05) is 66.0 Å². The molecule has 0 atom stereocenters. The van der Waals surface area contributed by atoms with Crippen molar-refractivity contribution in [1.29, 1.82) is 0 Å². The maximum atomic E-state index is 12.3. The van der Waals surface area contributed by atoms with E-state index < -0.39 is 0 Å². The summed E-state index contributed by atoms with van der Waals surface area (Å²) >= 11 is 7.36. The molecule has 3 rings (SSSR count). The molecule has 98 valence electrons. The van der Waals surface area contributed by atoms with Gasteiger partial charge in [0, 0.05) is 10.6 Å². The molecule has 0 saturated heterocycles. The monoisotopic (exact) mass is 298 g/mol. The largest absolute Gasteiger partial charge is 0.288 e. The zero-order valence-electron chi connectivity index (χ0n) is 10.5. The number of thiophene rings is 1. The lowest BCUT2D eigenvalue weighted by Crippen LogP contribution is -1.98. The Labute approximate surface area is 126 Å². The van der Waals surface area contributed by atoms with E-state index in [2.05, 4.69) is 0 Å². The molecule has 0 amide bonds. The van der Waals surface area contributed by atoms with Gasteiger partial charge < -0.3 is 0 Å². The SMILES string of the molecule is O=C(c1cccc(-c2ccc(Cl)cc2)c1)c1cccs1. The lowest BCUT2D eigenvalue weighted by atomic mass is 10.0. The first-order valence-corrected chi connectivity index (χ1v) is 7.44. The van der Waals surface area contributed by atoms with E-state index in [1.54, 1.807) is 0 Å². The third-order valence-electron chi connectivity index (χ3n) is 3.05. The van der Waals surface area contributed by atoms with Gasteiger partial charge in [0.2, 0.25) is 5.78 Å². The van der Waals surface area contributed by atoms with Gasteiger partial charge in [-0.25, -0.2) is 0 Å². The Bertz CT molecular complexity index is 730. The minimum atomic E-state index is 0.0656. The maximum Gasteiger partial charge on any atom is 0.202 e. The predicted molar refractivity (Wildman–Crippen MR) is 84.6 cm³/mol. The number of carbonyl (C=O) groups is 1. The Morgan fingerprint density at radius 2 is 1.70 bits per heavy atom.